The standard InChI is InChI=1S/C13H28N2O/c1-15(9-5-3-2-4-8-14)12-13-6-10-16-11-7-13/h13H,2-12,14H2,1H3. The summed E-state index contributed by atoms with van der Waals surface area (Å²) in [5.41, 5.74) is 5.47. The van der Waals surface area contributed by atoms with E-state index in [0.29, 0.717) is 0 Å². The second-order valence-corrected chi connectivity index (χ2v) is 5.02. The van der Waals surface area contributed by atoms with Crippen LogP contribution in [0.5, 0.6) is 0 Å². The molecule has 0 radical (unpaired) electrons. The van der Waals surface area contributed by atoms with Crippen molar-refractivity contribution in [2.45, 2.75) is 38.5 Å². The Morgan fingerprint density at radius 3 is 2.50 bits per heavy atom. The molecule has 1 aliphatic heterocycles. The first kappa shape index (κ1) is 13.9. The lowest BCUT2D eigenvalue weighted by Gasteiger charge is -2.27. The van der Waals surface area contributed by atoms with E-state index < -0.39 is 0 Å². The van der Waals surface area contributed by atoms with Gasteiger partial charge in [0.1, 0.15) is 0 Å². The number of hydrogen-bond acceptors (Lipinski definition) is 3. The Balaban J connectivity index is 1.95. The summed E-state index contributed by atoms with van der Waals surface area (Å²) < 4.78 is 5.38. The molecule has 0 amide bonds. The van der Waals surface area contributed by atoms with Crippen LogP contribution >= 0.6 is 0 Å². The van der Waals surface area contributed by atoms with Gasteiger partial charge in [0.05, 0.1) is 0 Å². The Morgan fingerprint density at radius 1 is 1.12 bits per heavy atom. The Kier molecular flexibility index (Phi) is 7.81. The third kappa shape index (κ3) is 6.46. The smallest absolute Gasteiger partial charge is 0.0469 e. The van der Waals surface area contributed by atoms with E-state index in [1.54, 1.807) is 0 Å². The van der Waals surface area contributed by atoms with Crippen molar-refractivity contribution in [2.75, 3.05) is 39.9 Å². The van der Waals surface area contributed by atoms with Gasteiger partial charge < -0.3 is 15.4 Å². The summed E-state index contributed by atoms with van der Waals surface area (Å²) in [5.74, 6) is 0.864. The van der Waals surface area contributed by atoms with Crippen LogP contribution < -0.4 is 5.73 Å². The fourth-order valence-electron chi connectivity index (χ4n) is 2.34. The number of hydrogen-bond donors (Lipinski definition) is 1. The summed E-state index contributed by atoms with van der Waals surface area (Å²) in [6.45, 7) is 5.27. The average molecular weight is 228 g/mol. The molecule has 1 fully saturated rings. The second kappa shape index (κ2) is 8.97. The van der Waals surface area contributed by atoms with Crippen LogP contribution in [0.4, 0.5) is 0 Å². The zero-order chi connectivity index (χ0) is 11.6. The van der Waals surface area contributed by atoms with Crippen molar-refractivity contribution < 1.29 is 4.74 Å². The normalized spacial score (nSPS) is 18.2. The van der Waals surface area contributed by atoms with Crippen LogP contribution in [0.3, 0.4) is 0 Å². The largest absolute Gasteiger partial charge is 0.381 e. The second-order valence-electron chi connectivity index (χ2n) is 5.02. The maximum absolute atomic E-state index is 5.47. The predicted molar refractivity (Wildman–Crippen MR) is 68.6 cm³/mol. The lowest BCUT2D eigenvalue weighted by Crippen LogP contribution is -2.30. The van der Waals surface area contributed by atoms with E-state index in [1.807, 2.05) is 0 Å². The molecular formula is C13H28N2O. The molecule has 1 aliphatic rings. The molecule has 0 spiro atoms. The van der Waals surface area contributed by atoms with Crippen molar-refractivity contribution in [3.05, 3.63) is 0 Å². The Labute approximate surface area is 100 Å². The monoisotopic (exact) mass is 228 g/mol. The Morgan fingerprint density at radius 2 is 1.81 bits per heavy atom. The molecule has 0 aromatic rings. The van der Waals surface area contributed by atoms with Gasteiger partial charge in [-0.2, -0.15) is 0 Å². The molecule has 3 heteroatoms. The quantitative estimate of drug-likeness (QED) is 0.645. The van der Waals surface area contributed by atoms with Gasteiger partial charge in [-0.25, -0.2) is 0 Å². The van der Waals surface area contributed by atoms with E-state index in [9.17, 15) is 0 Å². The van der Waals surface area contributed by atoms with Crippen molar-refractivity contribution in [2.24, 2.45) is 11.7 Å². The van der Waals surface area contributed by atoms with E-state index in [0.717, 1.165) is 25.7 Å². The van der Waals surface area contributed by atoms with Crippen molar-refractivity contribution in [1.82, 2.24) is 4.90 Å². The van der Waals surface area contributed by atoms with E-state index >= 15 is 0 Å². The van der Waals surface area contributed by atoms with Crippen molar-refractivity contribution in [3.63, 3.8) is 0 Å². The van der Waals surface area contributed by atoms with Crippen LogP contribution in [0.2, 0.25) is 0 Å². The molecule has 3 nitrogen and oxygen atoms in total. The number of ether oxygens (including phenoxy) is 1. The average Bonchev–Trinajstić information content (AvgIpc) is 2.30. The summed E-state index contributed by atoms with van der Waals surface area (Å²) in [5, 5.41) is 0. The number of nitrogens with zero attached hydrogens (tertiary/aromatic N) is 1. The molecule has 0 aliphatic carbocycles. The fraction of sp³-hybridized carbons (Fsp3) is 1.00. The number of unbranched alkanes of at least 4 members (excludes halogenated alkanes) is 3. The van der Waals surface area contributed by atoms with Gasteiger partial charge in [0, 0.05) is 19.8 Å². The molecule has 0 aromatic carbocycles. The Bertz CT molecular complexity index is 158. The van der Waals surface area contributed by atoms with Gasteiger partial charge in [0.15, 0.2) is 0 Å². The van der Waals surface area contributed by atoms with Crippen LogP contribution in [0.1, 0.15) is 38.5 Å². The van der Waals surface area contributed by atoms with Crippen molar-refractivity contribution in [3.8, 4) is 0 Å². The van der Waals surface area contributed by atoms with Crippen LogP contribution in [-0.2, 0) is 4.74 Å². The van der Waals surface area contributed by atoms with Crippen LogP contribution in [0, 0.1) is 5.92 Å². The lowest BCUT2D eigenvalue weighted by atomic mass is 10.00. The molecule has 1 saturated heterocycles. The summed E-state index contributed by atoms with van der Waals surface area (Å²) in [7, 11) is 2.25. The highest BCUT2D eigenvalue weighted by Crippen LogP contribution is 2.15. The Hall–Kier alpha value is -0.120. The van der Waals surface area contributed by atoms with Gasteiger partial charge >= 0.3 is 0 Å². The molecule has 2 N–H and O–H groups in total. The first-order chi connectivity index (χ1) is 7.83. The van der Waals surface area contributed by atoms with Crippen LogP contribution in [-0.4, -0.2) is 44.8 Å². The first-order valence-electron chi connectivity index (χ1n) is 6.79. The van der Waals surface area contributed by atoms with E-state index in [1.165, 1.54) is 51.6 Å². The van der Waals surface area contributed by atoms with Gasteiger partial charge in [-0.1, -0.05) is 12.8 Å². The maximum Gasteiger partial charge on any atom is 0.0469 e. The molecule has 0 atom stereocenters. The zero-order valence-electron chi connectivity index (χ0n) is 10.8. The van der Waals surface area contributed by atoms with Gasteiger partial charge in [0.2, 0.25) is 0 Å². The first-order valence-corrected chi connectivity index (χ1v) is 6.79. The van der Waals surface area contributed by atoms with E-state index in [2.05, 4.69) is 11.9 Å². The minimum Gasteiger partial charge on any atom is -0.381 e. The molecule has 0 bridgehead atoms. The topological polar surface area (TPSA) is 38.5 Å². The fourth-order valence-corrected chi connectivity index (χ4v) is 2.34. The molecule has 96 valence electrons. The maximum atomic E-state index is 5.47. The van der Waals surface area contributed by atoms with Crippen molar-refractivity contribution >= 4 is 0 Å². The highest BCUT2D eigenvalue weighted by atomic mass is 16.5. The van der Waals surface area contributed by atoms with Gasteiger partial charge in [-0.05, 0) is 51.7 Å². The SMILES string of the molecule is CN(CCCCCCN)CC1CCOCC1. The van der Waals surface area contributed by atoms with Gasteiger partial charge in [-0.15, -0.1) is 0 Å². The summed E-state index contributed by atoms with van der Waals surface area (Å²) in [4.78, 5) is 2.48. The summed E-state index contributed by atoms with van der Waals surface area (Å²) in [6, 6.07) is 0. The predicted octanol–water partition coefficient (Wildman–Crippen LogP) is 1.86. The summed E-state index contributed by atoms with van der Waals surface area (Å²) in [6.07, 6.45) is 7.62. The van der Waals surface area contributed by atoms with E-state index in [-0.39, 0.29) is 0 Å². The third-order valence-electron chi connectivity index (χ3n) is 3.40. The van der Waals surface area contributed by atoms with Crippen molar-refractivity contribution in [1.29, 1.82) is 0 Å². The highest BCUT2D eigenvalue weighted by Gasteiger charge is 2.15. The van der Waals surface area contributed by atoms with Crippen LogP contribution in [0.25, 0.3) is 0 Å². The summed E-state index contributed by atoms with van der Waals surface area (Å²) >= 11 is 0. The number of nitrogens with two attached hydrogens (primary N) is 1. The molecular weight excluding hydrogens is 200 g/mol. The van der Waals surface area contributed by atoms with E-state index in [4.69, 9.17) is 10.5 Å². The molecule has 1 heterocycles. The van der Waals surface area contributed by atoms with Gasteiger partial charge in [0.25, 0.3) is 0 Å². The highest BCUT2D eigenvalue weighted by molar-refractivity contribution is 4.67. The van der Waals surface area contributed by atoms with Crippen LogP contribution in [0.15, 0.2) is 0 Å². The molecule has 0 aromatic heterocycles. The van der Waals surface area contributed by atoms with Gasteiger partial charge in [-0.3, -0.25) is 0 Å². The molecule has 0 saturated carbocycles. The lowest BCUT2D eigenvalue weighted by molar-refractivity contribution is 0.0556. The zero-order valence-corrected chi connectivity index (χ0v) is 10.8. The minimum absolute atomic E-state index is 0.845. The molecule has 1 rings (SSSR count). The number of rotatable bonds is 8. The molecule has 16 heavy (non-hydrogen) atoms. The minimum atomic E-state index is 0.845. The molecule has 0 unspecified atom stereocenters. The third-order valence-corrected chi connectivity index (χ3v) is 3.40.